The van der Waals surface area contributed by atoms with Gasteiger partial charge in [-0.05, 0) is 17.0 Å². The Morgan fingerprint density at radius 3 is 1.88 bits per heavy atom. The Kier molecular flexibility index (Phi) is 3.03. The standard InChI is InChI=1S/C12H18N4/c1-12(2,3)7-4-5-8(10(13)14)9(6-7)11(15)16/h4-6H,1-3H3,(H3,13,14)(H3,15,16). The summed E-state index contributed by atoms with van der Waals surface area (Å²) in [4.78, 5) is 0. The van der Waals surface area contributed by atoms with Crippen molar-refractivity contribution in [3.05, 3.63) is 34.9 Å². The summed E-state index contributed by atoms with van der Waals surface area (Å²) in [5.74, 6) is -0.123. The molecule has 0 saturated carbocycles. The fourth-order valence-corrected chi connectivity index (χ4v) is 1.47. The van der Waals surface area contributed by atoms with Crippen LogP contribution in [0.15, 0.2) is 18.2 Å². The average molecular weight is 218 g/mol. The summed E-state index contributed by atoms with van der Waals surface area (Å²) < 4.78 is 0. The zero-order valence-corrected chi connectivity index (χ0v) is 9.89. The van der Waals surface area contributed by atoms with Gasteiger partial charge in [-0.25, -0.2) is 0 Å². The molecule has 0 unspecified atom stereocenters. The van der Waals surface area contributed by atoms with Crippen LogP contribution in [-0.2, 0) is 5.41 Å². The molecule has 0 aliphatic rings. The highest BCUT2D eigenvalue weighted by atomic mass is 14.7. The van der Waals surface area contributed by atoms with E-state index in [2.05, 4.69) is 20.8 Å². The predicted octanol–water partition coefficient (Wildman–Crippen LogP) is 1.55. The highest BCUT2D eigenvalue weighted by Crippen LogP contribution is 2.24. The molecule has 0 spiro atoms. The van der Waals surface area contributed by atoms with Crippen LogP contribution >= 0.6 is 0 Å². The van der Waals surface area contributed by atoms with Crippen LogP contribution in [0.3, 0.4) is 0 Å². The lowest BCUT2D eigenvalue weighted by atomic mass is 9.85. The molecule has 0 amide bonds. The van der Waals surface area contributed by atoms with Crippen molar-refractivity contribution in [1.29, 1.82) is 10.8 Å². The molecule has 0 atom stereocenters. The number of hydrogen-bond acceptors (Lipinski definition) is 2. The maximum Gasteiger partial charge on any atom is 0.123 e. The second-order valence-corrected chi connectivity index (χ2v) is 4.84. The van der Waals surface area contributed by atoms with E-state index < -0.39 is 0 Å². The van der Waals surface area contributed by atoms with Crippen LogP contribution < -0.4 is 11.5 Å². The molecule has 0 heterocycles. The molecule has 1 aromatic rings. The number of benzene rings is 1. The first-order valence-electron chi connectivity index (χ1n) is 5.07. The topological polar surface area (TPSA) is 99.7 Å². The van der Waals surface area contributed by atoms with Crippen LogP contribution in [0.5, 0.6) is 0 Å². The molecule has 0 fully saturated rings. The minimum atomic E-state index is -0.0642. The number of nitrogens with two attached hydrogens (primary N) is 2. The normalized spacial score (nSPS) is 11.2. The Bertz CT molecular complexity index is 441. The Morgan fingerprint density at radius 1 is 1.00 bits per heavy atom. The van der Waals surface area contributed by atoms with E-state index in [0.29, 0.717) is 11.1 Å². The number of rotatable bonds is 2. The lowest BCUT2D eigenvalue weighted by Crippen LogP contribution is -2.22. The predicted molar refractivity (Wildman–Crippen MR) is 67.2 cm³/mol. The fraction of sp³-hybridized carbons (Fsp3) is 0.333. The first-order chi connectivity index (χ1) is 7.23. The van der Waals surface area contributed by atoms with E-state index in [-0.39, 0.29) is 17.1 Å². The molecule has 1 rings (SSSR count). The molecule has 0 bridgehead atoms. The Balaban J connectivity index is 3.40. The van der Waals surface area contributed by atoms with Crippen molar-refractivity contribution in [2.45, 2.75) is 26.2 Å². The van der Waals surface area contributed by atoms with Crippen molar-refractivity contribution in [1.82, 2.24) is 0 Å². The van der Waals surface area contributed by atoms with E-state index in [9.17, 15) is 0 Å². The first kappa shape index (κ1) is 12.2. The largest absolute Gasteiger partial charge is 0.384 e. The summed E-state index contributed by atoms with van der Waals surface area (Å²) in [6.07, 6.45) is 0. The van der Waals surface area contributed by atoms with Crippen LogP contribution in [0, 0.1) is 10.8 Å². The van der Waals surface area contributed by atoms with Crippen LogP contribution in [0.4, 0.5) is 0 Å². The maximum absolute atomic E-state index is 7.50. The molecule has 0 aromatic heterocycles. The number of amidine groups is 2. The second-order valence-electron chi connectivity index (χ2n) is 4.84. The second kappa shape index (κ2) is 3.96. The molecule has 6 N–H and O–H groups in total. The van der Waals surface area contributed by atoms with Gasteiger partial charge in [0.25, 0.3) is 0 Å². The van der Waals surface area contributed by atoms with Gasteiger partial charge in [-0.15, -0.1) is 0 Å². The SMILES string of the molecule is CC(C)(C)c1ccc(C(=N)N)c(C(=N)N)c1. The smallest absolute Gasteiger partial charge is 0.123 e. The van der Waals surface area contributed by atoms with Crippen molar-refractivity contribution in [2.75, 3.05) is 0 Å². The molecule has 0 radical (unpaired) electrons. The van der Waals surface area contributed by atoms with Crippen LogP contribution in [0.25, 0.3) is 0 Å². The van der Waals surface area contributed by atoms with Gasteiger partial charge in [0.1, 0.15) is 11.7 Å². The Labute approximate surface area is 95.7 Å². The lowest BCUT2D eigenvalue weighted by Gasteiger charge is -2.20. The van der Waals surface area contributed by atoms with Crippen LogP contribution in [0.2, 0.25) is 0 Å². The van der Waals surface area contributed by atoms with E-state index in [4.69, 9.17) is 22.3 Å². The summed E-state index contributed by atoms with van der Waals surface area (Å²) in [5.41, 5.74) is 13.0. The van der Waals surface area contributed by atoms with Gasteiger partial charge in [-0.3, -0.25) is 10.8 Å². The summed E-state index contributed by atoms with van der Waals surface area (Å²) >= 11 is 0. The van der Waals surface area contributed by atoms with Gasteiger partial charge in [-0.1, -0.05) is 32.9 Å². The van der Waals surface area contributed by atoms with Gasteiger partial charge in [0.2, 0.25) is 0 Å². The molecule has 4 heteroatoms. The van der Waals surface area contributed by atoms with Crippen molar-refractivity contribution >= 4 is 11.7 Å². The Morgan fingerprint density at radius 2 is 1.50 bits per heavy atom. The molecule has 4 nitrogen and oxygen atoms in total. The third-order valence-electron chi connectivity index (χ3n) is 2.47. The third-order valence-corrected chi connectivity index (χ3v) is 2.47. The van der Waals surface area contributed by atoms with Gasteiger partial charge >= 0.3 is 0 Å². The minimum Gasteiger partial charge on any atom is -0.384 e. The van der Waals surface area contributed by atoms with Crippen LogP contribution in [0.1, 0.15) is 37.5 Å². The van der Waals surface area contributed by atoms with Gasteiger partial charge < -0.3 is 11.5 Å². The highest BCUT2D eigenvalue weighted by Gasteiger charge is 2.17. The average Bonchev–Trinajstić information content (AvgIpc) is 2.15. The molecule has 86 valence electrons. The number of nitrogens with one attached hydrogen (secondary N) is 2. The molecule has 0 aliphatic carbocycles. The van der Waals surface area contributed by atoms with E-state index in [1.165, 1.54) is 0 Å². The van der Waals surface area contributed by atoms with Crippen molar-refractivity contribution in [2.24, 2.45) is 11.5 Å². The van der Waals surface area contributed by atoms with E-state index in [1.807, 2.05) is 12.1 Å². The molecule has 1 aromatic carbocycles. The van der Waals surface area contributed by atoms with Gasteiger partial charge in [0, 0.05) is 11.1 Å². The monoisotopic (exact) mass is 218 g/mol. The lowest BCUT2D eigenvalue weighted by molar-refractivity contribution is 0.590. The fourth-order valence-electron chi connectivity index (χ4n) is 1.47. The quantitative estimate of drug-likeness (QED) is 0.447. The minimum absolute atomic E-state index is 0.0144. The number of hydrogen-bond donors (Lipinski definition) is 4. The Hall–Kier alpha value is -1.84. The zero-order chi connectivity index (χ0) is 12.5. The maximum atomic E-state index is 7.50. The van der Waals surface area contributed by atoms with Crippen molar-refractivity contribution in [3.63, 3.8) is 0 Å². The first-order valence-corrected chi connectivity index (χ1v) is 5.07. The van der Waals surface area contributed by atoms with Crippen molar-refractivity contribution in [3.8, 4) is 0 Å². The number of nitrogen functional groups attached to an aromatic ring is 2. The molecular formula is C12H18N4. The van der Waals surface area contributed by atoms with E-state index in [0.717, 1.165) is 5.56 Å². The van der Waals surface area contributed by atoms with Crippen LogP contribution in [-0.4, -0.2) is 11.7 Å². The molecule has 0 saturated heterocycles. The molecule has 16 heavy (non-hydrogen) atoms. The highest BCUT2D eigenvalue weighted by molar-refractivity contribution is 6.08. The molecular weight excluding hydrogens is 200 g/mol. The summed E-state index contributed by atoms with van der Waals surface area (Å²) in [7, 11) is 0. The van der Waals surface area contributed by atoms with Gasteiger partial charge in [0.05, 0.1) is 0 Å². The van der Waals surface area contributed by atoms with E-state index in [1.54, 1.807) is 6.07 Å². The van der Waals surface area contributed by atoms with Crippen molar-refractivity contribution < 1.29 is 0 Å². The third kappa shape index (κ3) is 2.39. The van der Waals surface area contributed by atoms with Gasteiger partial charge in [0.15, 0.2) is 0 Å². The van der Waals surface area contributed by atoms with E-state index >= 15 is 0 Å². The zero-order valence-electron chi connectivity index (χ0n) is 9.89. The van der Waals surface area contributed by atoms with Gasteiger partial charge in [-0.2, -0.15) is 0 Å². The summed E-state index contributed by atoms with van der Waals surface area (Å²) in [6, 6.07) is 5.50. The summed E-state index contributed by atoms with van der Waals surface area (Å²) in [5, 5.41) is 14.9. The summed E-state index contributed by atoms with van der Waals surface area (Å²) in [6.45, 7) is 6.25. The molecule has 0 aliphatic heterocycles.